The SMILES string of the molecule is CC.CC1=C(c2ccc(C)cc2C)C=CCC1.CCc1ccc2c(c1)C(C)c1ccccc1-2.Cc1ccccc1. The molecule has 0 aliphatic heterocycles. The second-order valence-corrected chi connectivity index (χ2v) is 10.7. The largest absolute Gasteiger partial charge is 0.0836 e. The maximum Gasteiger partial charge on any atom is 0.00734 e. The molecule has 4 aromatic rings. The third-order valence-electron chi connectivity index (χ3n) is 7.75. The van der Waals surface area contributed by atoms with Gasteiger partial charge in [0.25, 0.3) is 0 Å². The molecular weight excluding hydrogens is 480 g/mol. The van der Waals surface area contributed by atoms with Crippen LogP contribution in [0.1, 0.15) is 92.3 Å². The number of hydrogen-bond donors (Lipinski definition) is 0. The normalized spacial score (nSPS) is 14.4. The van der Waals surface area contributed by atoms with E-state index in [0.29, 0.717) is 5.92 Å². The van der Waals surface area contributed by atoms with Crippen molar-refractivity contribution in [3.05, 3.63) is 148 Å². The van der Waals surface area contributed by atoms with Gasteiger partial charge in [0.2, 0.25) is 0 Å². The van der Waals surface area contributed by atoms with Crippen LogP contribution in [0.3, 0.4) is 0 Å². The summed E-state index contributed by atoms with van der Waals surface area (Å²) < 4.78 is 0. The first-order chi connectivity index (χ1) is 19.4. The van der Waals surface area contributed by atoms with Crippen LogP contribution in [0.2, 0.25) is 0 Å². The minimum absolute atomic E-state index is 0.553. The highest BCUT2D eigenvalue weighted by Crippen LogP contribution is 2.44. The summed E-state index contributed by atoms with van der Waals surface area (Å²) in [6.07, 6.45) is 8.08. The van der Waals surface area contributed by atoms with E-state index < -0.39 is 0 Å². The standard InChI is InChI=1S/C16H16.C15H18.C7H8.C2H6/c1-3-12-8-9-15-14-7-5-4-6-13(14)11(2)16(15)10-12;1-11-8-9-15(13(3)10-11)14-7-5-4-6-12(14)2;1-7-5-3-2-4-6-7;1-2/h4-11H,3H2,1-2H3;5,7-10H,4,6H2,1-3H3;2-6H,1H3;1-2H3. The lowest BCUT2D eigenvalue weighted by Gasteiger charge is -2.15. The zero-order valence-corrected chi connectivity index (χ0v) is 26.0. The second kappa shape index (κ2) is 15.2. The minimum Gasteiger partial charge on any atom is -0.0836 e. The summed E-state index contributed by atoms with van der Waals surface area (Å²) in [4.78, 5) is 0. The molecule has 1 atom stereocenters. The molecule has 6 rings (SSSR count). The average molecular weight is 529 g/mol. The molecule has 0 bridgehead atoms. The molecule has 0 amide bonds. The number of allylic oxidation sites excluding steroid dienone is 4. The number of fused-ring (bicyclic) bond motifs is 3. The average Bonchev–Trinajstić information content (AvgIpc) is 3.27. The smallest absolute Gasteiger partial charge is 0.00734 e. The molecule has 0 nitrogen and oxygen atoms in total. The topological polar surface area (TPSA) is 0 Å². The summed E-state index contributed by atoms with van der Waals surface area (Å²) in [6, 6.07) is 32.7. The summed E-state index contributed by atoms with van der Waals surface area (Å²) in [7, 11) is 0. The Morgan fingerprint density at radius 1 is 0.650 bits per heavy atom. The number of aryl methyl sites for hydroxylation is 4. The number of rotatable bonds is 2. The van der Waals surface area contributed by atoms with Crippen molar-refractivity contribution in [2.24, 2.45) is 0 Å². The van der Waals surface area contributed by atoms with Gasteiger partial charge in [0.1, 0.15) is 0 Å². The van der Waals surface area contributed by atoms with Crippen LogP contribution < -0.4 is 0 Å². The Bertz CT molecular complexity index is 1430. The Labute approximate surface area is 244 Å². The predicted octanol–water partition coefficient (Wildman–Crippen LogP) is 11.8. The van der Waals surface area contributed by atoms with Crippen LogP contribution in [-0.4, -0.2) is 0 Å². The molecule has 0 saturated heterocycles. The molecule has 2 aliphatic carbocycles. The molecule has 2 aliphatic rings. The van der Waals surface area contributed by atoms with Gasteiger partial charge in [-0.05, 0) is 91.5 Å². The van der Waals surface area contributed by atoms with Crippen LogP contribution in [0.4, 0.5) is 0 Å². The fourth-order valence-corrected chi connectivity index (χ4v) is 5.47. The molecule has 0 heteroatoms. The molecule has 0 saturated carbocycles. The van der Waals surface area contributed by atoms with Crippen molar-refractivity contribution < 1.29 is 0 Å². The highest BCUT2D eigenvalue weighted by molar-refractivity contribution is 5.80. The van der Waals surface area contributed by atoms with E-state index in [1.165, 1.54) is 74.1 Å². The minimum atomic E-state index is 0.553. The fourth-order valence-electron chi connectivity index (χ4n) is 5.47. The van der Waals surface area contributed by atoms with Crippen molar-refractivity contribution in [3.8, 4) is 11.1 Å². The first-order valence-electron chi connectivity index (χ1n) is 15.1. The maximum absolute atomic E-state index is 2.38. The Morgan fingerprint density at radius 2 is 1.30 bits per heavy atom. The molecule has 0 aromatic heterocycles. The van der Waals surface area contributed by atoms with Gasteiger partial charge in [0.15, 0.2) is 0 Å². The molecule has 4 aromatic carbocycles. The fraction of sp³-hybridized carbons (Fsp3) is 0.300. The van der Waals surface area contributed by atoms with Gasteiger partial charge in [-0.3, -0.25) is 0 Å². The van der Waals surface area contributed by atoms with E-state index >= 15 is 0 Å². The van der Waals surface area contributed by atoms with Gasteiger partial charge in [-0.1, -0.05) is 148 Å². The van der Waals surface area contributed by atoms with Gasteiger partial charge in [-0.2, -0.15) is 0 Å². The molecule has 0 spiro atoms. The van der Waals surface area contributed by atoms with E-state index in [0.717, 1.165) is 6.42 Å². The monoisotopic (exact) mass is 528 g/mol. The molecular formula is C40H48. The van der Waals surface area contributed by atoms with Gasteiger partial charge in [0, 0.05) is 5.92 Å². The Balaban J connectivity index is 0.000000171. The Hall–Kier alpha value is -3.64. The summed E-state index contributed by atoms with van der Waals surface area (Å²) in [5.74, 6) is 0.553. The molecule has 0 fully saturated rings. The lowest BCUT2D eigenvalue weighted by atomic mass is 9.90. The Morgan fingerprint density at radius 3 is 1.93 bits per heavy atom. The highest BCUT2D eigenvalue weighted by Gasteiger charge is 2.24. The third-order valence-corrected chi connectivity index (χ3v) is 7.75. The lowest BCUT2D eigenvalue weighted by molar-refractivity contribution is 0.950. The van der Waals surface area contributed by atoms with E-state index in [2.05, 4.69) is 126 Å². The van der Waals surface area contributed by atoms with Crippen molar-refractivity contribution in [3.63, 3.8) is 0 Å². The molecule has 0 N–H and O–H groups in total. The summed E-state index contributed by atoms with van der Waals surface area (Å²) in [5, 5.41) is 0. The van der Waals surface area contributed by atoms with Crippen LogP contribution in [0.25, 0.3) is 16.7 Å². The van der Waals surface area contributed by atoms with Gasteiger partial charge >= 0.3 is 0 Å². The quantitative estimate of drug-likeness (QED) is 0.243. The lowest BCUT2D eigenvalue weighted by Crippen LogP contribution is -1.94. The zero-order valence-electron chi connectivity index (χ0n) is 26.0. The van der Waals surface area contributed by atoms with Gasteiger partial charge < -0.3 is 0 Å². The van der Waals surface area contributed by atoms with E-state index in [1.807, 2.05) is 32.0 Å². The van der Waals surface area contributed by atoms with Crippen molar-refractivity contribution in [2.75, 3.05) is 0 Å². The molecule has 0 radical (unpaired) electrons. The molecule has 1 unspecified atom stereocenters. The van der Waals surface area contributed by atoms with Gasteiger partial charge in [-0.15, -0.1) is 0 Å². The van der Waals surface area contributed by atoms with Gasteiger partial charge in [0.05, 0.1) is 0 Å². The summed E-state index contributed by atoms with van der Waals surface area (Å²) in [5.41, 5.74) is 15.7. The van der Waals surface area contributed by atoms with E-state index in [1.54, 1.807) is 0 Å². The number of hydrogen-bond acceptors (Lipinski definition) is 0. The highest BCUT2D eigenvalue weighted by atomic mass is 14.3. The van der Waals surface area contributed by atoms with Crippen LogP contribution in [-0.2, 0) is 6.42 Å². The first kappa shape index (κ1) is 30.9. The number of benzene rings is 4. The molecule has 208 valence electrons. The van der Waals surface area contributed by atoms with Crippen molar-refractivity contribution in [2.45, 2.75) is 80.6 Å². The van der Waals surface area contributed by atoms with Crippen LogP contribution in [0, 0.1) is 20.8 Å². The van der Waals surface area contributed by atoms with E-state index in [4.69, 9.17) is 0 Å². The summed E-state index contributed by atoms with van der Waals surface area (Å²) >= 11 is 0. The van der Waals surface area contributed by atoms with Crippen LogP contribution in [0.15, 0.2) is 109 Å². The third kappa shape index (κ3) is 7.72. The van der Waals surface area contributed by atoms with Crippen molar-refractivity contribution >= 4 is 5.57 Å². The van der Waals surface area contributed by atoms with Crippen molar-refractivity contribution in [1.82, 2.24) is 0 Å². The van der Waals surface area contributed by atoms with E-state index in [9.17, 15) is 0 Å². The maximum atomic E-state index is 2.38. The molecule has 0 heterocycles. The zero-order chi connectivity index (χ0) is 29.1. The second-order valence-electron chi connectivity index (χ2n) is 10.7. The van der Waals surface area contributed by atoms with Crippen molar-refractivity contribution in [1.29, 1.82) is 0 Å². The predicted molar refractivity (Wildman–Crippen MR) is 178 cm³/mol. The van der Waals surface area contributed by atoms with Crippen LogP contribution >= 0.6 is 0 Å². The van der Waals surface area contributed by atoms with Crippen LogP contribution in [0.5, 0.6) is 0 Å². The van der Waals surface area contributed by atoms with Gasteiger partial charge in [-0.25, -0.2) is 0 Å². The summed E-state index contributed by atoms with van der Waals surface area (Å²) in [6.45, 7) is 17.2. The molecule has 40 heavy (non-hydrogen) atoms. The Kier molecular flexibility index (Phi) is 11.8. The van der Waals surface area contributed by atoms with E-state index in [-0.39, 0.29) is 0 Å². The first-order valence-corrected chi connectivity index (χ1v) is 15.1.